The first kappa shape index (κ1) is 20.5. The van der Waals surface area contributed by atoms with E-state index in [0.29, 0.717) is 19.0 Å². The molecule has 0 bridgehead atoms. The Labute approximate surface area is 167 Å². The van der Waals surface area contributed by atoms with Crippen LogP contribution in [-0.2, 0) is 16.0 Å². The summed E-state index contributed by atoms with van der Waals surface area (Å²) in [7, 11) is 0. The fraction of sp³-hybridized carbons (Fsp3) is 0.636. The number of nitrogens with one attached hydrogen (secondary N) is 1. The van der Waals surface area contributed by atoms with Crippen LogP contribution in [0.15, 0.2) is 6.07 Å². The summed E-state index contributed by atoms with van der Waals surface area (Å²) in [4.78, 5) is 25.7. The Morgan fingerprint density at radius 2 is 1.89 bits per heavy atom. The maximum absolute atomic E-state index is 12.3. The summed E-state index contributed by atoms with van der Waals surface area (Å²) in [5.41, 5.74) is 4.01. The van der Waals surface area contributed by atoms with Gasteiger partial charge < -0.3 is 19.7 Å². The molecule has 1 atom stereocenters. The second-order valence-corrected chi connectivity index (χ2v) is 9.02. The molecule has 1 N–H and O–H groups in total. The number of carbonyl (C=O) groups is 2. The molecular formula is C22H32N2O4. The van der Waals surface area contributed by atoms with Gasteiger partial charge in [-0.1, -0.05) is 0 Å². The molecule has 2 aliphatic heterocycles. The van der Waals surface area contributed by atoms with Crippen molar-refractivity contribution in [3.05, 3.63) is 22.8 Å². The van der Waals surface area contributed by atoms with E-state index in [1.807, 2.05) is 31.7 Å². The number of hydrogen-bond donors (Lipinski definition) is 1. The van der Waals surface area contributed by atoms with Crippen molar-refractivity contribution >= 4 is 17.7 Å². The Hall–Kier alpha value is -2.24. The molecule has 0 aromatic heterocycles. The van der Waals surface area contributed by atoms with E-state index in [1.54, 1.807) is 0 Å². The van der Waals surface area contributed by atoms with Crippen molar-refractivity contribution < 1.29 is 19.1 Å². The van der Waals surface area contributed by atoms with E-state index in [-0.39, 0.29) is 18.1 Å². The second kappa shape index (κ2) is 7.64. The van der Waals surface area contributed by atoms with Gasteiger partial charge in [0.25, 0.3) is 0 Å². The average molecular weight is 389 g/mol. The molecule has 0 unspecified atom stereocenters. The van der Waals surface area contributed by atoms with Crippen molar-refractivity contribution in [3.8, 4) is 5.75 Å². The van der Waals surface area contributed by atoms with Gasteiger partial charge >= 0.3 is 6.09 Å². The highest BCUT2D eigenvalue weighted by Gasteiger charge is 2.33. The number of ether oxygens (including phenoxy) is 2. The summed E-state index contributed by atoms with van der Waals surface area (Å²) < 4.78 is 11.5. The molecule has 1 fully saturated rings. The molecule has 1 aromatic carbocycles. The maximum atomic E-state index is 12.3. The van der Waals surface area contributed by atoms with Crippen LogP contribution in [0.25, 0.3) is 0 Å². The third-order valence-electron chi connectivity index (χ3n) is 5.31. The largest absolute Gasteiger partial charge is 0.488 e. The number of amides is 2. The van der Waals surface area contributed by atoms with Gasteiger partial charge in [-0.3, -0.25) is 4.79 Å². The highest BCUT2D eigenvalue weighted by molar-refractivity contribution is 5.91. The molecular weight excluding hydrogens is 356 g/mol. The van der Waals surface area contributed by atoms with E-state index in [1.165, 1.54) is 23.6 Å². The van der Waals surface area contributed by atoms with Crippen molar-refractivity contribution in [2.24, 2.45) is 0 Å². The van der Waals surface area contributed by atoms with Crippen LogP contribution in [0.4, 0.5) is 10.5 Å². The van der Waals surface area contributed by atoms with E-state index in [9.17, 15) is 9.59 Å². The summed E-state index contributed by atoms with van der Waals surface area (Å²) in [5.74, 6) is 1.11. The predicted molar refractivity (Wildman–Crippen MR) is 109 cm³/mol. The van der Waals surface area contributed by atoms with Crippen molar-refractivity contribution in [1.82, 2.24) is 4.90 Å². The minimum atomic E-state index is -0.474. The molecule has 3 rings (SSSR count). The van der Waals surface area contributed by atoms with Gasteiger partial charge in [0.1, 0.15) is 17.5 Å². The van der Waals surface area contributed by atoms with Crippen molar-refractivity contribution in [3.63, 3.8) is 0 Å². The van der Waals surface area contributed by atoms with Crippen molar-refractivity contribution in [2.45, 2.75) is 78.4 Å². The molecule has 0 saturated carbocycles. The minimum Gasteiger partial charge on any atom is -0.488 e. The smallest absolute Gasteiger partial charge is 0.410 e. The molecule has 6 nitrogen and oxygen atoms in total. The lowest BCUT2D eigenvalue weighted by Gasteiger charge is -2.34. The highest BCUT2D eigenvalue weighted by Crippen LogP contribution is 2.45. The van der Waals surface area contributed by atoms with Crippen LogP contribution in [0, 0.1) is 6.92 Å². The van der Waals surface area contributed by atoms with Crippen LogP contribution in [-0.4, -0.2) is 41.7 Å². The summed E-state index contributed by atoms with van der Waals surface area (Å²) in [5, 5.41) is 2.91. The molecule has 2 heterocycles. The molecule has 0 spiro atoms. The van der Waals surface area contributed by atoms with Gasteiger partial charge in [0, 0.05) is 32.0 Å². The van der Waals surface area contributed by atoms with Crippen LogP contribution in [0.2, 0.25) is 0 Å². The Kier molecular flexibility index (Phi) is 5.60. The number of likely N-dealkylation sites (tertiary alicyclic amines) is 1. The zero-order chi connectivity index (χ0) is 20.6. The van der Waals surface area contributed by atoms with Crippen LogP contribution in [0.5, 0.6) is 5.75 Å². The number of benzene rings is 1. The third kappa shape index (κ3) is 4.42. The van der Waals surface area contributed by atoms with Crippen molar-refractivity contribution in [1.29, 1.82) is 0 Å². The minimum absolute atomic E-state index is 0.0943. The molecule has 0 aliphatic carbocycles. The second-order valence-electron chi connectivity index (χ2n) is 9.02. The predicted octanol–water partition coefficient (Wildman–Crippen LogP) is 4.39. The lowest BCUT2D eigenvalue weighted by atomic mass is 9.82. The van der Waals surface area contributed by atoms with Gasteiger partial charge in [-0.15, -0.1) is 0 Å². The van der Waals surface area contributed by atoms with Gasteiger partial charge in [-0.05, 0) is 70.6 Å². The van der Waals surface area contributed by atoms with E-state index in [4.69, 9.17) is 9.47 Å². The first-order chi connectivity index (χ1) is 13.0. The zero-order valence-electron chi connectivity index (χ0n) is 17.8. The van der Waals surface area contributed by atoms with Gasteiger partial charge in [0.2, 0.25) is 5.91 Å². The monoisotopic (exact) mass is 388 g/mol. The first-order valence-corrected chi connectivity index (χ1v) is 10.1. The van der Waals surface area contributed by atoms with Crippen molar-refractivity contribution in [2.75, 3.05) is 18.4 Å². The number of aryl methyl sites for hydroxylation is 1. The molecule has 1 aromatic rings. The topological polar surface area (TPSA) is 67.9 Å². The van der Waals surface area contributed by atoms with Crippen LogP contribution in [0.3, 0.4) is 0 Å². The standard InChI is InChI=1S/C22H32N2O4/c1-13-11-18(23-15(3)25)20-17(12-14(2)27-20)19(13)16-7-9-24(10-8-16)21(26)28-22(4,5)6/h11,14,16H,7-10,12H2,1-6H3,(H,23,25)/t14-/m1/s1. The van der Waals surface area contributed by atoms with Crippen LogP contribution >= 0.6 is 0 Å². The quantitative estimate of drug-likeness (QED) is 0.816. The SMILES string of the molecule is CC(=O)Nc1cc(C)c(C2CCN(C(=O)OC(C)(C)C)CC2)c2c1O[C@H](C)C2. The summed E-state index contributed by atoms with van der Waals surface area (Å²) in [6.07, 6.45) is 2.53. The number of piperidine rings is 1. The van der Waals surface area contributed by atoms with E-state index < -0.39 is 5.60 Å². The number of hydrogen-bond acceptors (Lipinski definition) is 4. The van der Waals surface area contributed by atoms with E-state index in [2.05, 4.69) is 19.2 Å². The summed E-state index contributed by atoms with van der Waals surface area (Å²) >= 11 is 0. The first-order valence-electron chi connectivity index (χ1n) is 10.1. The number of anilines is 1. The molecule has 0 radical (unpaired) electrons. The molecule has 2 aliphatic rings. The fourth-order valence-corrected chi connectivity index (χ4v) is 4.28. The van der Waals surface area contributed by atoms with Gasteiger partial charge in [-0.2, -0.15) is 0 Å². The molecule has 6 heteroatoms. The zero-order valence-corrected chi connectivity index (χ0v) is 17.8. The van der Waals surface area contributed by atoms with E-state index in [0.717, 1.165) is 30.7 Å². The lowest BCUT2D eigenvalue weighted by Crippen LogP contribution is -2.41. The molecule has 2 amide bonds. The van der Waals surface area contributed by atoms with Gasteiger partial charge in [0.05, 0.1) is 5.69 Å². The molecule has 1 saturated heterocycles. The summed E-state index contributed by atoms with van der Waals surface area (Å²) in [6.45, 7) is 12.7. The van der Waals surface area contributed by atoms with Gasteiger partial charge in [-0.25, -0.2) is 4.79 Å². The normalized spacial score (nSPS) is 19.8. The Morgan fingerprint density at radius 3 is 2.46 bits per heavy atom. The van der Waals surface area contributed by atoms with Gasteiger partial charge in [0.15, 0.2) is 0 Å². The number of rotatable bonds is 2. The maximum Gasteiger partial charge on any atom is 0.410 e. The third-order valence-corrected chi connectivity index (χ3v) is 5.31. The number of nitrogens with zero attached hydrogens (tertiary/aromatic N) is 1. The molecule has 28 heavy (non-hydrogen) atoms. The Balaban J connectivity index is 1.79. The summed E-state index contributed by atoms with van der Waals surface area (Å²) in [6, 6.07) is 2.02. The number of fused-ring (bicyclic) bond motifs is 1. The lowest BCUT2D eigenvalue weighted by molar-refractivity contribution is -0.114. The Morgan fingerprint density at radius 1 is 1.25 bits per heavy atom. The Bertz CT molecular complexity index is 774. The average Bonchev–Trinajstić information content (AvgIpc) is 2.94. The fourth-order valence-electron chi connectivity index (χ4n) is 4.28. The number of carbonyl (C=O) groups excluding carboxylic acids is 2. The van der Waals surface area contributed by atoms with E-state index >= 15 is 0 Å². The van der Waals surface area contributed by atoms with Crippen LogP contribution < -0.4 is 10.1 Å². The molecule has 154 valence electrons. The van der Waals surface area contributed by atoms with Crippen LogP contribution in [0.1, 0.15) is 70.1 Å². The highest BCUT2D eigenvalue weighted by atomic mass is 16.6.